The molecule has 2 aromatic carbocycles. The Morgan fingerprint density at radius 3 is 1.71 bits per heavy atom. The van der Waals surface area contributed by atoms with Crippen molar-refractivity contribution in [2.45, 2.75) is 12.2 Å². The second-order valence-corrected chi connectivity index (χ2v) is 4.29. The fourth-order valence-corrected chi connectivity index (χ4v) is 1.80. The van der Waals surface area contributed by atoms with Gasteiger partial charge < -0.3 is 10.2 Å². The summed E-state index contributed by atoms with van der Waals surface area (Å²) in [7, 11) is 0. The standard InChI is InChI=1S/C14H13ClO2/c15-12-8-6-11(7-9-12)14(17)13(16)10-4-2-1-3-5-10/h1-9,13-14,16-17H. The lowest BCUT2D eigenvalue weighted by molar-refractivity contribution is 0.0172. The Morgan fingerprint density at radius 1 is 0.706 bits per heavy atom. The van der Waals surface area contributed by atoms with E-state index in [2.05, 4.69) is 0 Å². The van der Waals surface area contributed by atoms with E-state index in [-0.39, 0.29) is 0 Å². The van der Waals surface area contributed by atoms with Gasteiger partial charge in [0.25, 0.3) is 0 Å². The van der Waals surface area contributed by atoms with Crippen LogP contribution in [0.4, 0.5) is 0 Å². The molecular formula is C14H13ClO2. The predicted molar refractivity (Wildman–Crippen MR) is 67.8 cm³/mol. The van der Waals surface area contributed by atoms with Crippen LogP contribution in [-0.2, 0) is 0 Å². The van der Waals surface area contributed by atoms with E-state index < -0.39 is 12.2 Å². The maximum atomic E-state index is 10.0. The Labute approximate surface area is 105 Å². The van der Waals surface area contributed by atoms with Crippen molar-refractivity contribution in [1.29, 1.82) is 0 Å². The van der Waals surface area contributed by atoms with E-state index in [4.69, 9.17) is 11.6 Å². The summed E-state index contributed by atoms with van der Waals surface area (Å²) >= 11 is 5.77. The van der Waals surface area contributed by atoms with E-state index in [0.29, 0.717) is 16.1 Å². The highest BCUT2D eigenvalue weighted by molar-refractivity contribution is 6.30. The second kappa shape index (κ2) is 5.32. The van der Waals surface area contributed by atoms with E-state index in [1.165, 1.54) is 0 Å². The van der Waals surface area contributed by atoms with Gasteiger partial charge in [-0.1, -0.05) is 54.1 Å². The third kappa shape index (κ3) is 2.86. The molecule has 88 valence electrons. The molecule has 2 unspecified atom stereocenters. The van der Waals surface area contributed by atoms with Crippen molar-refractivity contribution in [3.05, 3.63) is 70.7 Å². The lowest BCUT2D eigenvalue weighted by Crippen LogP contribution is -2.10. The zero-order chi connectivity index (χ0) is 12.3. The predicted octanol–water partition coefficient (Wildman–Crippen LogP) is 3.11. The summed E-state index contributed by atoms with van der Waals surface area (Å²) in [6.07, 6.45) is -1.88. The molecule has 0 aliphatic heterocycles. The summed E-state index contributed by atoms with van der Waals surface area (Å²) in [4.78, 5) is 0. The smallest absolute Gasteiger partial charge is 0.109 e. The molecule has 0 heterocycles. The molecule has 0 bridgehead atoms. The molecule has 0 spiro atoms. The third-order valence-corrected chi connectivity index (χ3v) is 2.90. The summed E-state index contributed by atoms with van der Waals surface area (Å²) in [6.45, 7) is 0. The first-order valence-electron chi connectivity index (χ1n) is 5.35. The highest BCUT2D eigenvalue weighted by Crippen LogP contribution is 2.28. The maximum Gasteiger partial charge on any atom is 0.109 e. The third-order valence-electron chi connectivity index (χ3n) is 2.65. The normalized spacial score (nSPS) is 14.3. The van der Waals surface area contributed by atoms with E-state index in [0.717, 1.165) is 0 Å². The van der Waals surface area contributed by atoms with Crippen LogP contribution in [0.25, 0.3) is 0 Å². The lowest BCUT2D eigenvalue weighted by Gasteiger charge is -2.18. The quantitative estimate of drug-likeness (QED) is 0.876. The van der Waals surface area contributed by atoms with Crippen LogP contribution in [0.1, 0.15) is 23.3 Å². The molecule has 0 aliphatic carbocycles. The number of aliphatic hydroxyl groups excluding tert-OH is 2. The summed E-state index contributed by atoms with van der Waals surface area (Å²) in [5.41, 5.74) is 1.33. The lowest BCUT2D eigenvalue weighted by atomic mass is 9.98. The van der Waals surface area contributed by atoms with Gasteiger partial charge in [0.2, 0.25) is 0 Å². The molecule has 0 saturated carbocycles. The van der Waals surface area contributed by atoms with Crippen molar-refractivity contribution < 1.29 is 10.2 Å². The minimum atomic E-state index is -0.949. The minimum absolute atomic E-state index is 0.607. The van der Waals surface area contributed by atoms with Crippen LogP contribution in [0.2, 0.25) is 5.02 Å². The minimum Gasteiger partial charge on any atom is -0.385 e. The van der Waals surface area contributed by atoms with Gasteiger partial charge in [0, 0.05) is 5.02 Å². The van der Waals surface area contributed by atoms with Gasteiger partial charge in [-0.15, -0.1) is 0 Å². The topological polar surface area (TPSA) is 40.5 Å². The highest BCUT2D eigenvalue weighted by Gasteiger charge is 2.19. The molecule has 0 radical (unpaired) electrons. The van der Waals surface area contributed by atoms with Crippen LogP contribution >= 0.6 is 11.6 Å². The van der Waals surface area contributed by atoms with Gasteiger partial charge in [-0.05, 0) is 23.3 Å². The molecule has 2 rings (SSSR count). The molecule has 0 amide bonds. The Bertz CT molecular complexity index is 467. The molecule has 0 aromatic heterocycles. The Kier molecular flexibility index (Phi) is 3.79. The van der Waals surface area contributed by atoms with Crippen molar-refractivity contribution in [2.75, 3.05) is 0 Å². The molecule has 2 atom stereocenters. The number of hydrogen-bond acceptors (Lipinski definition) is 2. The Hall–Kier alpha value is -1.35. The number of hydrogen-bond donors (Lipinski definition) is 2. The molecule has 0 aliphatic rings. The van der Waals surface area contributed by atoms with Crippen molar-refractivity contribution in [3.8, 4) is 0 Å². The first-order chi connectivity index (χ1) is 8.18. The summed E-state index contributed by atoms with van der Waals surface area (Å²) in [5.74, 6) is 0. The van der Waals surface area contributed by atoms with Crippen LogP contribution in [0, 0.1) is 0 Å². The van der Waals surface area contributed by atoms with Crippen LogP contribution in [0.3, 0.4) is 0 Å². The fraction of sp³-hybridized carbons (Fsp3) is 0.143. The maximum absolute atomic E-state index is 10.0. The average Bonchev–Trinajstić information content (AvgIpc) is 2.39. The molecule has 2 N–H and O–H groups in total. The average molecular weight is 249 g/mol. The molecule has 3 heteroatoms. The van der Waals surface area contributed by atoms with Crippen LogP contribution < -0.4 is 0 Å². The van der Waals surface area contributed by atoms with Crippen molar-refractivity contribution in [2.24, 2.45) is 0 Å². The van der Waals surface area contributed by atoms with Crippen LogP contribution in [0.15, 0.2) is 54.6 Å². The number of benzene rings is 2. The van der Waals surface area contributed by atoms with Gasteiger partial charge in [0.05, 0.1) is 0 Å². The monoisotopic (exact) mass is 248 g/mol. The molecule has 2 aromatic rings. The Balaban J connectivity index is 2.20. The molecule has 0 saturated heterocycles. The van der Waals surface area contributed by atoms with Crippen molar-refractivity contribution in [1.82, 2.24) is 0 Å². The van der Waals surface area contributed by atoms with Gasteiger partial charge in [-0.3, -0.25) is 0 Å². The molecule has 0 fully saturated rings. The molecule has 17 heavy (non-hydrogen) atoms. The zero-order valence-electron chi connectivity index (χ0n) is 9.12. The molecule has 2 nitrogen and oxygen atoms in total. The summed E-state index contributed by atoms with van der Waals surface area (Å²) in [5, 5.41) is 20.7. The fourth-order valence-electron chi connectivity index (χ4n) is 1.67. The van der Waals surface area contributed by atoms with E-state index >= 15 is 0 Å². The summed E-state index contributed by atoms with van der Waals surface area (Å²) < 4.78 is 0. The van der Waals surface area contributed by atoms with Gasteiger partial charge in [-0.25, -0.2) is 0 Å². The number of aliphatic hydroxyl groups is 2. The van der Waals surface area contributed by atoms with E-state index in [1.54, 1.807) is 36.4 Å². The van der Waals surface area contributed by atoms with Gasteiger partial charge in [-0.2, -0.15) is 0 Å². The highest BCUT2D eigenvalue weighted by atomic mass is 35.5. The largest absolute Gasteiger partial charge is 0.385 e. The zero-order valence-corrected chi connectivity index (χ0v) is 9.88. The van der Waals surface area contributed by atoms with Crippen molar-refractivity contribution in [3.63, 3.8) is 0 Å². The summed E-state index contributed by atoms with van der Waals surface area (Å²) in [6, 6.07) is 15.9. The van der Waals surface area contributed by atoms with Gasteiger partial charge in [0.1, 0.15) is 12.2 Å². The van der Waals surface area contributed by atoms with Gasteiger partial charge >= 0.3 is 0 Å². The van der Waals surface area contributed by atoms with Crippen LogP contribution in [-0.4, -0.2) is 10.2 Å². The van der Waals surface area contributed by atoms with Crippen LogP contribution in [0.5, 0.6) is 0 Å². The SMILES string of the molecule is OC(c1ccccc1)C(O)c1ccc(Cl)cc1. The first-order valence-corrected chi connectivity index (χ1v) is 5.73. The van der Waals surface area contributed by atoms with Gasteiger partial charge in [0.15, 0.2) is 0 Å². The Morgan fingerprint density at radius 2 is 1.18 bits per heavy atom. The first kappa shape index (κ1) is 12.1. The molecular weight excluding hydrogens is 236 g/mol. The number of rotatable bonds is 3. The second-order valence-electron chi connectivity index (χ2n) is 3.85. The number of halogens is 1. The van der Waals surface area contributed by atoms with Crippen molar-refractivity contribution >= 4 is 11.6 Å². The van der Waals surface area contributed by atoms with E-state index in [9.17, 15) is 10.2 Å². The van der Waals surface area contributed by atoms with E-state index in [1.807, 2.05) is 18.2 Å².